The van der Waals surface area contributed by atoms with Crippen LogP contribution < -0.4 is 15.4 Å². The molecule has 1 heterocycles. The molecule has 0 aliphatic carbocycles. The molecule has 0 spiro atoms. The van der Waals surface area contributed by atoms with Crippen LogP contribution in [0.3, 0.4) is 0 Å². The first-order chi connectivity index (χ1) is 11.7. The van der Waals surface area contributed by atoms with Crippen LogP contribution in [0.15, 0.2) is 30.6 Å². The zero-order valence-electron chi connectivity index (χ0n) is 15.9. The molecule has 0 saturated carbocycles. The summed E-state index contributed by atoms with van der Waals surface area (Å²) >= 11 is 0. The van der Waals surface area contributed by atoms with Crippen molar-refractivity contribution in [3.05, 3.63) is 47.3 Å². The number of ether oxygens (including phenoxy) is 1. The molecule has 1 aromatic carbocycles. The number of hydrogen-bond donors (Lipinski definition) is 2. The second-order valence-electron chi connectivity index (χ2n) is 7.21. The number of aromatic nitrogens is 2. The van der Waals surface area contributed by atoms with Gasteiger partial charge in [-0.3, -0.25) is 9.48 Å². The van der Waals surface area contributed by atoms with Gasteiger partial charge in [0.05, 0.1) is 6.20 Å². The van der Waals surface area contributed by atoms with E-state index < -0.39 is 6.04 Å². The van der Waals surface area contributed by atoms with Gasteiger partial charge in [0, 0.05) is 30.9 Å². The van der Waals surface area contributed by atoms with Crippen LogP contribution in [0.2, 0.25) is 0 Å². The first-order valence-electron chi connectivity index (χ1n) is 8.41. The van der Waals surface area contributed by atoms with E-state index in [2.05, 4.69) is 15.7 Å². The smallest absolute Gasteiger partial charge is 0.242 e. The molecular weight excluding hydrogens is 316 g/mol. The molecule has 6 heteroatoms. The van der Waals surface area contributed by atoms with Crippen molar-refractivity contribution in [2.45, 2.75) is 45.9 Å². The highest BCUT2D eigenvalue weighted by Gasteiger charge is 2.21. The number of benzene rings is 1. The van der Waals surface area contributed by atoms with Gasteiger partial charge in [-0.2, -0.15) is 5.10 Å². The Balaban J connectivity index is 2.11. The van der Waals surface area contributed by atoms with E-state index >= 15 is 0 Å². The molecule has 0 fully saturated rings. The maximum absolute atomic E-state index is 12.6. The van der Waals surface area contributed by atoms with Crippen LogP contribution in [0, 0.1) is 6.92 Å². The largest absolute Gasteiger partial charge is 0.488 e. The summed E-state index contributed by atoms with van der Waals surface area (Å²) in [5.41, 5.74) is 2.61. The van der Waals surface area contributed by atoms with Crippen molar-refractivity contribution < 1.29 is 9.53 Å². The van der Waals surface area contributed by atoms with Gasteiger partial charge in [-0.15, -0.1) is 0 Å². The quantitative estimate of drug-likeness (QED) is 0.845. The van der Waals surface area contributed by atoms with Crippen molar-refractivity contribution in [3.63, 3.8) is 0 Å². The number of carbonyl (C=O) groups excluding carboxylic acids is 1. The van der Waals surface area contributed by atoms with Gasteiger partial charge in [0.25, 0.3) is 0 Å². The van der Waals surface area contributed by atoms with E-state index in [4.69, 9.17) is 4.74 Å². The molecule has 0 aliphatic heterocycles. The number of nitrogens with zero attached hydrogens (tertiary/aromatic N) is 2. The van der Waals surface area contributed by atoms with Crippen LogP contribution in [-0.2, 0) is 18.4 Å². The Morgan fingerprint density at radius 2 is 2.08 bits per heavy atom. The van der Waals surface area contributed by atoms with Crippen LogP contribution >= 0.6 is 0 Å². The fourth-order valence-electron chi connectivity index (χ4n) is 2.56. The average Bonchev–Trinajstić information content (AvgIpc) is 2.92. The number of hydrogen-bond acceptors (Lipinski definition) is 4. The van der Waals surface area contributed by atoms with Gasteiger partial charge in [-0.1, -0.05) is 12.1 Å². The van der Waals surface area contributed by atoms with Crippen molar-refractivity contribution in [2.24, 2.45) is 7.05 Å². The van der Waals surface area contributed by atoms with E-state index in [9.17, 15) is 4.79 Å². The Labute approximate surface area is 149 Å². The Hall–Kier alpha value is -2.34. The van der Waals surface area contributed by atoms with Gasteiger partial charge in [0.1, 0.15) is 17.4 Å². The third-order valence-corrected chi connectivity index (χ3v) is 3.70. The van der Waals surface area contributed by atoms with Crippen LogP contribution in [0.1, 0.15) is 43.5 Å². The molecule has 0 radical (unpaired) electrons. The second kappa shape index (κ2) is 7.70. The number of aryl methyl sites for hydroxylation is 2. The van der Waals surface area contributed by atoms with Gasteiger partial charge in [-0.25, -0.2) is 0 Å². The molecule has 6 nitrogen and oxygen atoms in total. The first-order valence-corrected chi connectivity index (χ1v) is 8.41. The topological polar surface area (TPSA) is 68.2 Å². The molecule has 2 N–H and O–H groups in total. The van der Waals surface area contributed by atoms with Gasteiger partial charge < -0.3 is 15.4 Å². The maximum Gasteiger partial charge on any atom is 0.242 e. The standard InChI is InChI=1S/C19H28N4O2/c1-13-7-8-14(16(9-13)25-19(2,3)4)10-21-18(24)17(20-5)15-11-22-23(6)12-15/h7-9,11-12,17,20H,10H2,1-6H3,(H,21,24). The molecule has 25 heavy (non-hydrogen) atoms. The normalized spacial score (nSPS) is 12.7. The molecule has 0 bridgehead atoms. The fourth-order valence-corrected chi connectivity index (χ4v) is 2.56. The van der Waals surface area contributed by atoms with Crippen molar-refractivity contribution in [2.75, 3.05) is 7.05 Å². The summed E-state index contributed by atoms with van der Waals surface area (Å²) in [6, 6.07) is 5.58. The summed E-state index contributed by atoms with van der Waals surface area (Å²) in [7, 11) is 3.59. The number of amides is 1. The van der Waals surface area contributed by atoms with E-state index in [0.29, 0.717) is 6.54 Å². The van der Waals surface area contributed by atoms with Crippen molar-refractivity contribution >= 4 is 5.91 Å². The van der Waals surface area contributed by atoms with E-state index in [-0.39, 0.29) is 11.5 Å². The fraction of sp³-hybridized carbons (Fsp3) is 0.474. The maximum atomic E-state index is 12.6. The third kappa shape index (κ3) is 5.32. The van der Waals surface area contributed by atoms with E-state index in [1.807, 2.05) is 59.1 Å². The minimum Gasteiger partial charge on any atom is -0.488 e. The highest BCUT2D eigenvalue weighted by atomic mass is 16.5. The Bertz CT molecular complexity index is 731. The van der Waals surface area contributed by atoms with Crippen molar-refractivity contribution in [3.8, 4) is 5.75 Å². The van der Waals surface area contributed by atoms with E-state index in [0.717, 1.165) is 22.4 Å². The molecule has 136 valence electrons. The average molecular weight is 344 g/mol. The summed E-state index contributed by atoms with van der Waals surface area (Å²) in [5, 5.41) is 10.1. The van der Waals surface area contributed by atoms with Gasteiger partial charge >= 0.3 is 0 Å². The minimum atomic E-state index is -0.439. The lowest BCUT2D eigenvalue weighted by atomic mass is 10.1. The molecule has 1 aromatic heterocycles. The third-order valence-electron chi connectivity index (χ3n) is 3.70. The minimum absolute atomic E-state index is 0.0993. The van der Waals surface area contributed by atoms with Crippen LogP contribution in [0.25, 0.3) is 0 Å². The zero-order valence-corrected chi connectivity index (χ0v) is 15.9. The lowest BCUT2D eigenvalue weighted by Gasteiger charge is -2.24. The monoisotopic (exact) mass is 344 g/mol. The zero-order chi connectivity index (χ0) is 18.6. The van der Waals surface area contributed by atoms with Crippen molar-refractivity contribution in [1.29, 1.82) is 0 Å². The summed E-state index contributed by atoms with van der Waals surface area (Å²) < 4.78 is 7.72. The number of nitrogens with one attached hydrogen (secondary N) is 2. The highest BCUT2D eigenvalue weighted by molar-refractivity contribution is 5.83. The summed E-state index contributed by atoms with van der Waals surface area (Å²) in [6.07, 6.45) is 3.53. The Kier molecular flexibility index (Phi) is 5.85. The van der Waals surface area contributed by atoms with E-state index in [1.54, 1.807) is 17.9 Å². The van der Waals surface area contributed by atoms with E-state index in [1.165, 1.54) is 0 Å². The summed E-state index contributed by atoms with van der Waals surface area (Å²) in [6.45, 7) is 8.46. The Morgan fingerprint density at radius 1 is 1.36 bits per heavy atom. The van der Waals surface area contributed by atoms with Gasteiger partial charge in [-0.05, 0) is 46.4 Å². The lowest BCUT2D eigenvalue weighted by molar-refractivity contribution is -0.123. The SMILES string of the molecule is CNC(C(=O)NCc1ccc(C)cc1OC(C)(C)C)c1cnn(C)c1. The van der Waals surface area contributed by atoms with Gasteiger partial charge in [0.15, 0.2) is 0 Å². The molecule has 0 aliphatic rings. The van der Waals surface area contributed by atoms with Gasteiger partial charge in [0.2, 0.25) is 5.91 Å². The molecule has 1 atom stereocenters. The summed E-state index contributed by atoms with van der Waals surface area (Å²) in [4.78, 5) is 12.6. The van der Waals surface area contributed by atoms with Crippen LogP contribution in [0.4, 0.5) is 0 Å². The number of likely N-dealkylation sites (N-methyl/N-ethyl adjacent to an activating group) is 1. The highest BCUT2D eigenvalue weighted by Crippen LogP contribution is 2.25. The lowest BCUT2D eigenvalue weighted by Crippen LogP contribution is -2.35. The molecule has 1 amide bonds. The predicted molar refractivity (Wildman–Crippen MR) is 98.4 cm³/mol. The molecule has 2 aromatic rings. The summed E-state index contributed by atoms with van der Waals surface area (Å²) in [5.74, 6) is 0.702. The Morgan fingerprint density at radius 3 is 2.64 bits per heavy atom. The molecular formula is C19H28N4O2. The van der Waals surface area contributed by atoms with Crippen LogP contribution in [-0.4, -0.2) is 28.3 Å². The molecule has 0 saturated heterocycles. The molecule has 1 unspecified atom stereocenters. The number of rotatable bonds is 6. The first kappa shape index (κ1) is 19.0. The molecule has 2 rings (SSSR count). The second-order valence-corrected chi connectivity index (χ2v) is 7.21. The van der Waals surface area contributed by atoms with Crippen molar-refractivity contribution in [1.82, 2.24) is 20.4 Å². The predicted octanol–water partition coefficient (Wildman–Crippen LogP) is 2.48. The number of carbonyl (C=O) groups is 1. The van der Waals surface area contributed by atoms with Crippen LogP contribution in [0.5, 0.6) is 5.75 Å².